The summed E-state index contributed by atoms with van der Waals surface area (Å²) >= 11 is 0. The van der Waals surface area contributed by atoms with Gasteiger partial charge in [0.1, 0.15) is 29.9 Å². The molecule has 1 amide bonds. The fourth-order valence-corrected chi connectivity index (χ4v) is 4.14. The van der Waals surface area contributed by atoms with Crippen LogP contribution in [0.5, 0.6) is 5.75 Å². The average Bonchev–Trinajstić information content (AvgIpc) is 3.45. The number of amides is 1. The lowest BCUT2D eigenvalue weighted by Gasteiger charge is -2.32. The average molecular weight is 449 g/mol. The number of ether oxygens (including phenoxy) is 1. The van der Waals surface area contributed by atoms with Crippen LogP contribution in [0.2, 0.25) is 0 Å². The largest absolute Gasteiger partial charge is 0.487 e. The predicted molar refractivity (Wildman–Crippen MR) is 123 cm³/mol. The molecule has 0 spiro atoms. The standard InChI is InChI=1S/C26H28N2O5/c1-17-21(27-23(33-17)18-9-5-4-6-10-18)16-32-20-12-7-11-19(15-20)26(2,3)25(31)28-14-8-13-22(28)24(29)30/h4-7,9-12,15,22H,8,13-14,16H2,1-3H3,(H,29,30)/t22-/m1/s1. The highest BCUT2D eigenvalue weighted by atomic mass is 16.5. The molecule has 7 nitrogen and oxygen atoms in total. The first-order valence-corrected chi connectivity index (χ1v) is 11.1. The topological polar surface area (TPSA) is 92.9 Å². The highest BCUT2D eigenvalue weighted by Gasteiger charge is 2.41. The van der Waals surface area contributed by atoms with Crippen molar-refractivity contribution in [2.45, 2.75) is 51.7 Å². The molecule has 0 radical (unpaired) electrons. The van der Waals surface area contributed by atoms with Crippen LogP contribution in [0, 0.1) is 6.92 Å². The predicted octanol–water partition coefficient (Wildman–Crippen LogP) is 4.58. The number of oxazole rings is 1. The van der Waals surface area contributed by atoms with E-state index in [0.29, 0.717) is 42.5 Å². The van der Waals surface area contributed by atoms with E-state index < -0.39 is 17.4 Å². The Hall–Kier alpha value is -3.61. The van der Waals surface area contributed by atoms with Gasteiger partial charge in [0.2, 0.25) is 11.8 Å². The molecule has 7 heteroatoms. The molecule has 1 aliphatic heterocycles. The van der Waals surface area contributed by atoms with Crippen molar-refractivity contribution in [3.63, 3.8) is 0 Å². The fraction of sp³-hybridized carbons (Fsp3) is 0.346. The Balaban J connectivity index is 1.49. The van der Waals surface area contributed by atoms with E-state index in [2.05, 4.69) is 4.98 Å². The number of aromatic nitrogens is 1. The summed E-state index contributed by atoms with van der Waals surface area (Å²) in [7, 11) is 0. The molecule has 0 aliphatic carbocycles. The van der Waals surface area contributed by atoms with E-state index in [1.165, 1.54) is 4.90 Å². The van der Waals surface area contributed by atoms with E-state index >= 15 is 0 Å². The lowest BCUT2D eigenvalue weighted by Crippen LogP contribution is -2.48. The van der Waals surface area contributed by atoms with Crippen molar-refractivity contribution in [1.82, 2.24) is 9.88 Å². The molecule has 172 valence electrons. The number of rotatable bonds is 7. The summed E-state index contributed by atoms with van der Waals surface area (Å²) in [6.45, 7) is 6.18. The fourth-order valence-electron chi connectivity index (χ4n) is 4.14. The number of likely N-dealkylation sites (tertiary alicyclic amines) is 1. The van der Waals surface area contributed by atoms with Gasteiger partial charge in [-0.1, -0.05) is 30.3 Å². The first kappa shape index (κ1) is 22.6. The summed E-state index contributed by atoms with van der Waals surface area (Å²) in [5.41, 5.74) is 1.48. The highest BCUT2D eigenvalue weighted by molar-refractivity contribution is 5.91. The smallest absolute Gasteiger partial charge is 0.326 e. The molecular formula is C26H28N2O5. The molecule has 1 N–H and O–H groups in total. The monoisotopic (exact) mass is 448 g/mol. The van der Waals surface area contributed by atoms with Crippen LogP contribution in [0.15, 0.2) is 59.0 Å². The molecule has 0 unspecified atom stereocenters. The van der Waals surface area contributed by atoms with Crippen LogP contribution in [-0.4, -0.2) is 39.5 Å². The van der Waals surface area contributed by atoms with Crippen LogP contribution < -0.4 is 4.74 Å². The van der Waals surface area contributed by atoms with Crippen molar-refractivity contribution in [2.75, 3.05) is 6.54 Å². The third kappa shape index (κ3) is 4.62. The Labute approximate surface area is 193 Å². The van der Waals surface area contributed by atoms with Crippen molar-refractivity contribution in [3.05, 3.63) is 71.6 Å². The molecule has 1 fully saturated rings. The minimum absolute atomic E-state index is 0.190. The summed E-state index contributed by atoms with van der Waals surface area (Å²) in [5, 5.41) is 9.46. The van der Waals surface area contributed by atoms with Crippen molar-refractivity contribution < 1.29 is 23.8 Å². The molecule has 1 aromatic heterocycles. The van der Waals surface area contributed by atoms with Gasteiger partial charge >= 0.3 is 5.97 Å². The lowest BCUT2D eigenvalue weighted by molar-refractivity contribution is -0.150. The van der Waals surface area contributed by atoms with Crippen molar-refractivity contribution in [2.24, 2.45) is 0 Å². The molecule has 1 saturated heterocycles. The maximum Gasteiger partial charge on any atom is 0.326 e. The second kappa shape index (κ2) is 9.10. The lowest BCUT2D eigenvalue weighted by atomic mass is 9.83. The molecular weight excluding hydrogens is 420 g/mol. The number of aryl methyl sites for hydroxylation is 1. The Morgan fingerprint density at radius 2 is 1.94 bits per heavy atom. The van der Waals surface area contributed by atoms with E-state index in [-0.39, 0.29) is 12.5 Å². The number of carboxylic acid groups (broad SMARTS) is 1. The van der Waals surface area contributed by atoms with Gasteiger partial charge in [0.05, 0.1) is 5.41 Å². The van der Waals surface area contributed by atoms with Crippen LogP contribution >= 0.6 is 0 Å². The second-order valence-corrected chi connectivity index (χ2v) is 8.82. The van der Waals surface area contributed by atoms with Crippen molar-refractivity contribution in [3.8, 4) is 17.2 Å². The van der Waals surface area contributed by atoms with Gasteiger partial charge in [0, 0.05) is 12.1 Å². The number of hydrogen-bond acceptors (Lipinski definition) is 5. The zero-order valence-corrected chi connectivity index (χ0v) is 19.1. The van der Waals surface area contributed by atoms with Gasteiger partial charge in [-0.15, -0.1) is 0 Å². The van der Waals surface area contributed by atoms with Crippen LogP contribution in [0.1, 0.15) is 43.7 Å². The molecule has 2 heterocycles. The van der Waals surface area contributed by atoms with E-state index in [1.807, 2.05) is 75.4 Å². The quantitative estimate of drug-likeness (QED) is 0.569. The molecule has 1 aliphatic rings. The number of carbonyl (C=O) groups is 2. The molecule has 0 bridgehead atoms. The number of aliphatic carboxylic acids is 1. The van der Waals surface area contributed by atoms with Gasteiger partial charge < -0.3 is 19.2 Å². The number of benzene rings is 2. The Morgan fingerprint density at radius 1 is 1.18 bits per heavy atom. The number of hydrogen-bond donors (Lipinski definition) is 1. The zero-order chi connectivity index (χ0) is 23.6. The first-order chi connectivity index (χ1) is 15.8. The van der Waals surface area contributed by atoms with Gasteiger partial charge in [-0.05, 0) is 63.4 Å². The summed E-state index contributed by atoms with van der Waals surface area (Å²) < 4.78 is 11.8. The third-order valence-corrected chi connectivity index (χ3v) is 6.18. The van der Waals surface area contributed by atoms with Crippen LogP contribution in [0.3, 0.4) is 0 Å². The number of carboxylic acids is 1. The second-order valence-electron chi connectivity index (χ2n) is 8.82. The minimum atomic E-state index is -0.952. The van der Waals surface area contributed by atoms with Gasteiger partial charge in [0.25, 0.3) is 0 Å². The molecule has 4 rings (SSSR count). The number of carbonyl (C=O) groups excluding carboxylic acids is 1. The van der Waals surface area contributed by atoms with Crippen molar-refractivity contribution >= 4 is 11.9 Å². The van der Waals surface area contributed by atoms with Crippen LogP contribution in [-0.2, 0) is 21.6 Å². The van der Waals surface area contributed by atoms with E-state index in [9.17, 15) is 14.7 Å². The molecule has 2 aromatic carbocycles. The van der Waals surface area contributed by atoms with Gasteiger partial charge in [0.15, 0.2) is 0 Å². The summed E-state index contributed by atoms with van der Waals surface area (Å²) in [6.07, 6.45) is 1.19. The van der Waals surface area contributed by atoms with Crippen LogP contribution in [0.4, 0.5) is 0 Å². The van der Waals surface area contributed by atoms with E-state index in [4.69, 9.17) is 9.15 Å². The van der Waals surface area contributed by atoms with Crippen molar-refractivity contribution in [1.29, 1.82) is 0 Å². The normalized spacial score (nSPS) is 16.1. The summed E-state index contributed by atoms with van der Waals surface area (Å²) in [6, 6.07) is 16.3. The van der Waals surface area contributed by atoms with E-state index in [1.54, 1.807) is 0 Å². The number of nitrogens with zero attached hydrogens (tertiary/aromatic N) is 2. The Morgan fingerprint density at radius 3 is 2.67 bits per heavy atom. The Bertz CT molecular complexity index is 1150. The highest BCUT2D eigenvalue weighted by Crippen LogP contribution is 2.32. The maximum absolute atomic E-state index is 13.3. The molecule has 3 aromatic rings. The SMILES string of the molecule is Cc1oc(-c2ccccc2)nc1COc1cccc(C(C)(C)C(=O)N2CCC[C@@H]2C(=O)O)c1. The minimum Gasteiger partial charge on any atom is -0.487 e. The maximum atomic E-state index is 13.3. The molecule has 33 heavy (non-hydrogen) atoms. The third-order valence-electron chi connectivity index (χ3n) is 6.18. The molecule has 1 atom stereocenters. The zero-order valence-electron chi connectivity index (χ0n) is 19.1. The first-order valence-electron chi connectivity index (χ1n) is 11.1. The van der Waals surface area contributed by atoms with Gasteiger partial charge in [-0.3, -0.25) is 4.79 Å². The van der Waals surface area contributed by atoms with Gasteiger partial charge in [-0.2, -0.15) is 0 Å². The summed E-state index contributed by atoms with van der Waals surface area (Å²) in [4.78, 5) is 30.9. The summed E-state index contributed by atoms with van der Waals surface area (Å²) in [5.74, 6) is 0.698. The van der Waals surface area contributed by atoms with Crippen LogP contribution in [0.25, 0.3) is 11.5 Å². The molecule has 0 saturated carbocycles. The van der Waals surface area contributed by atoms with E-state index in [0.717, 1.165) is 11.1 Å². The van der Waals surface area contributed by atoms with Gasteiger partial charge in [-0.25, -0.2) is 9.78 Å². The Kier molecular flexibility index (Phi) is 6.22.